The molecule has 1 aliphatic rings. The number of benzene rings is 2. The summed E-state index contributed by atoms with van der Waals surface area (Å²) in [7, 11) is 0. The minimum atomic E-state index is -0.926. The molecule has 0 amide bonds. The van der Waals surface area contributed by atoms with Crippen molar-refractivity contribution in [1.82, 2.24) is 0 Å². The molecule has 1 fully saturated rings. The number of hydrogen-bond acceptors (Lipinski definition) is 3. The van der Waals surface area contributed by atoms with E-state index in [4.69, 9.17) is 0 Å². The normalized spacial score (nSPS) is 19.1. The summed E-state index contributed by atoms with van der Waals surface area (Å²) in [5.74, 6) is 2.25. The number of rotatable bonds is 3. The monoisotopic (exact) mass is 316 g/mol. The highest BCUT2D eigenvalue weighted by Crippen LogP contribution is 2.46. The fourth-order valence-electron chi connectivity index (χ4n) is 2.67. The van der Waals surface area contributed by atoms with Crippen LogP contribution < -0.4 is 0 Å². The zero-order valence-electron chi connectivity index (χ0n) is 12.2. The predicted octanol–water partition coefficient (Wildman–Crippen LogP) is 4.43. The molecule has 2 aromatic rings. The van der Waals surface area contributed by atoms with Gasteiger partial charge in [0.2, 0.25) is 0 Å². The Morgan fingerprint density at radius 3 is 2.10 bits per heavy atom. The standard InChI is InChI=1S/C18H20OS2/c1-14-8-10-16(11-9-14)18(19,15-6-3-2-4-7-15)17-20-12-5-13-21-17/h2-4,6-11,17,19H,5,12-13H2,1H3. The van der Waals surface area contributed by atoms with Crippen molar-refractivity contribution in [1.29, 1.82) is 0 Å². The molecule has 2 aromatic carbocycles. The van der Waals surface area contributed by atoms with Crippen molar-refractivity contribution in [2.45, 2.75) is 23.5 Å². The second kappa shape index (κ2) is 6.47. The van der Waals surface area contributed by atoms with E-state index in [1.54, 1.807) is 0 Å². The molecule has 21 heavy (non-hydrogen) atoms. The zero-order valence-corrected chi connectivity index (χ0v) is 13.8. The van der Waals surface area contributed by atoms with Crippen LogP contribution in [0.15, 0.2) is 54.6 Å². The van der Waals surface area contributed by atoms with Crippen molar-refractivity contribution in [2.24, 2.45) is 0 Å². The smallest absolute Gasteiger partial charge is 0.135 e. The van der Waals surface area contributed by atoms with Crippen molar-refractivity contribution in [2.75, 3.05) is 11.5 Å². The number of aryl methyl sites for hydroxylation is 1. The Hall–Kier alpha value is -0.900. The van der Waals surface area contributed by atoms with Gasteiger partial charge in [-0.1, -0.05) is 60.2 Å². The summed E-state index contributed by atoms with van der Waals surface area (Å²) in [6, 6.07) is 18.4. The van der Waals surface area contributed by atoms with Crippen LogP contribution >= 0.6 is 23.5 Å². The second-order valence-electron chi connectivity index (χ2n) is 5.43. The fraction of sp³-hybridized carbons (Fsp3) is 0.333. The fourth-order valence-corrected chi connectivity index (χ4v) is 5.89. The molecule has 1 saturated heterocycles. The van der Waals surface area contributed by atoms with Gasteiger partial charge in [-0.2, -0.15) is 0 Å². The maximum atomic E-state index is 11.6. The molecule has 1 N–H and O–H groups in total. The Morgan fingerprint density at radius 2 is 1.48 bits per heavy atom. The molecular formula is C18H20OS2. The van der Waals surface area contributed by atoms with Crippen LogP contribution in [-0.2, 0) is 5.60 Å². The molecule has 1 heterocycles. The van der Waals surface area contributed by atoms with Gasteiger partial charge in [-0.05, 0) is 36.0 Å². The van der Waals surface area contributed by atoms with Gasteiger partial charge in [0.05, 0.1) is 4.58 Å². The molecule has 0 aromatic heterocycles. The van der Waals surface area contributed by atoms with Gasteiger partial charge in [-0.15, -0.1) is 23.5 Å². The van der Waals surface area contributed by atoms with Crippen molar-refractivity contribution < 1.29 is 5.11 Å². The first-order valence-electron chi connectivity index (χ1n) is 7.29. The van der Waals surface area contributed by atoms with E-state index in [1.807, 2.05) is 53.9 Å². The van der Waals surface area contributed by atoms with Crippen LogP contribution in [0.1, 0.15) is 23.1 Å². The van der Waals surface area contributed by atoms with E-state index in [0.717, 1.165) is 22.6 Å². The lowest BCUT2D eigenvalue weighted by Gasteiger charge is -2.38. The average Bonchev–Trinajstić information content (AvgIpc) is 2.56. The van der Waals surface area contributed by atoms with Crippen LogP contribution in [0.3, 0.4) is 0 Å². The summed E-state index contributed by atoms with van der Waals surface area (Å²) < 4.78 is 0.149. The van der Waals surface area contributed by atoms with Crippen molar-refractivity contribution in [3.8, 4) is 0 Å². The van der Waals surface area contributed by atoms with E-state index in [0.29, 0.717) is 0 Å². The molecule has 1 unspecified atom stereocenters. The first kappa shape index (κ1) is 15.0. The van der Waals surface area contributed by atoms with Crippen molar-refractivity contribution >= 4 is 23.5 Å². The molecule has 0 spiro atoms. The van der Waals surface area contributed by atoms with Crippen LogP contribution in [0.4, 0.5) is 0 Å². The lowest BCUT2D eigenvalue weighted by atomic mass is 9.87. The third-order valence-electron chi connectivity index (χ3n) is 3.87. The van der Waals surface area contributed by atoms with Gasteiger partial charge in [-0.25, -0.2) is 0 Å². The first-order chi connectivity index (χ1) is 10.2. The SMILES string of the molecule is Cc1ccc(C(O)(c2ccccc2)C2SCCCS2)cc1. The van der Waals surface area contributed by atoms with Gasteiger partial charge < -0.3 is 5.11 Å². The van der Waals surface area contributed by atoms with Crippen molar-refractivity contribution in [3.05, 3.63) is 71.3 Å². The minimum Gasteiger partial charge on any atom is -0.378 e. The van der Waals surface area contributed by atoms with Gasteiger partial charge in [0.15, 0.2) is 0 Å². The highest BCUT2D eigenvalue weighted by molar-refractivity contribution is 8.17. The molecule has 0 saturated carbocycles. The van der Waals surface area contributed by atoms with Gasteiger partial charge in [0.1, 0.15) is 5.60 Å². The summed E-state index contributed by atoms with van der Waals surface area (Å²) in [6.45, 7) is 2.08. The van der Waals surface area contributed by atoms with Gasteiger partial charge in [-0.3, -0.25) is 0 Å². The summed E-state index contributed by atoms with van der Waals surface area (Å²) in [6.07, 6.45) is 1.23. The van der Waals surface area contributed by atoms with E-state index in [9.17, 15) is 5.11 Å². The Balaban J connectivity index is 2.07. The zero-order chi connectivity index (χ0) is 14.7. The van der Waals surface area contributed by atoms with Crippen LogP contribution in [0.25, 0.3) is 0 Å². The Morgan fingerprint density at radius 1 is 0.905 bits per heavy atom. The van der Waals surface area contributed by atoms with E-state index < -0.39 is 5.60 Å². The number of thioether (sulfide) groups is 2. The lowest BCUT2D eigenvalue weighted by Crippen LogP contribution is -2.38. The molecular weight excluding hydrogens is 296 g/mol. The Bertz CT molecular complexity index is 576. The van der Waals surface area contributed by atoms with E-state index in [1.165, 1.54) is 12.0 Å². The second-order valence-corrected chi connectivity index (χ2v) is 8.15. The lowest BCUT2D eigenvalue weighted by molar-refractivity contribution is 0.0990. The van der Waals surface area contributed by atoms with Gasteiger partial charge in [0, 0.05) is 0 Å². The van der Waals surface area contributed by atoms with Crippen LogP contribution in [0.2, 0.25) is 0 Å². The van der Waals surface area contributed by atoms with Crippen LogP contribution in [0.5, 0.6) is 0 Å². The molecule has 1 nitrogen and oxygen atoms in total. The third-order valence-corrected chi connectivity index (χ3v) is 7.03. The maximum Gasteiger partial charge on any atom is 0.135 e. The topological polar surface area (TPSA) is 20.2 Å². The van der Waals surface area contributed by atoms with E-state index in [2.05, 4.69) is 31.2 Å². The summed E-state index contributed by atoms with van der Waals surface area (Å²) in [5, 5.41) is 11.6. The van der Waals surface area contributed by atoms with Crippen molar-refractivity contribution in [3.63, 3.8) is 0 Å². The molecule has 110 valence electrons. The summed E-state index contributed by atoms with van der Waals surface area (Å²) >= 11 is 3.75. The predicted molar refractivity (Wildman–Crippen MR) is 93.9 cm³/mol. The highest BCUT2D eigenvalue weighted by Gasteiger charge is 2.41. The molecule has 1 aliphatic heterocycles. The van der Waals surface area contributed by atoms with Crippen LogP contribution in [-0.4, -0.2) is 21.2 Å². The third kappa shape index (κ3) is 3.01. The van der Waals surface area contributed by atoms with E-state index in [-0.39, 0.29) is 4.58 Å². The minimum absolute atomic E-state index is 0.149. The van der Waals surface area contributed by atoms with Gasteiger partial charge in [0.25, 0.3) is 0 Å². The van der Waals surface area contributed by atoms with Crippen LogP contribution in [0, 0.1) is 6.92 Å². The molecule has 3 heteroatoms. The maximum absolute atomic E-state index is 11.6. The number of aliphatic hydroxyl groups is 1. The molecule has 3 rings (SSSR count). The highest BCUT2D eigenvalue weighted by atomic mass is 32.2. The molecule has 0 bridgehead atoms. The first-order valence-corrected chi connectivity index (χ1v) is 9.39. The molecule has 1 atom stereocenters. The Labute approximate surface area is 135 Å². The van der Waals surface area contributed by atoms with E-state index >= 15 is 0 Å². The number of hydrogen-bond donors (Lipinski definition) is 1. The largest absolute Gasteiger partial charge is 0.378 e. The molecule has 0 radical (unpaired) electrons. The van der Waals surface area contributed by atoms with Gasteiger partial charge >= 0.3 is 0 Å². The Kier molecular flexibility index (Phi) is 4.63. The molecule has 0 aliphatic carbocycles. The average molecular weight is 316 g/mol. The summed E-state index contributed by atoms with van der Waals surface area (Å²) in [4.78, 5) is 0. The quantitative estimate of drug-likeness (QED) is 0.905. The summed E-state index contributed by atoms with van der Waals surface area (Å²) in [5.41, 5.74) is 2.27.